The third-order valence-corrected chi connectivity index (χ3v) is 3.87. The second kappa shape index (κ2) is 6.83. The molecule has 1 aromatic rings. The number of nitrogens with one attached hydrogen (secondary N) is 1. The van der Waals surface area contributed by atoms with Gasteiger partial charge < -0.3 is 5.32 Å². The number of hydrogen-bond donors (Lipinski definition) is 1. The van der Waals surface area contributed by atoms with Gasteiger partial charge in [-0.25, -0.2) is 8.78 Å². The molecule has 1 aromatic carbocycles. The molecule has 2 atom stereocenters. The van der Waals surface area contributed by atoms with Gasteiger partial charge >= 0.3 is 0 Å². The predicted molar refractivity (Wildman–Crippen MR) is 70.6 cm³/mol. The van der Waals surface area contributed by atoms with Gasteiger partial charge in [0.1, 0.15) is 11.6 Å². The molecule has 1 N–H and O–H groups in total. The van der Waals surface area contributed by atoms with Gasteiger partial charge in [0.25, 0.3) is 0 Å². The lowest BCUT2D eigenvalue weighted by molar-refractivity contribution is -0.121. The minimum atomic E-state index is -0.689. The molecule has 0 heterocycles. The first-order chi connectivity index (χ1) is 8.43. The molecular formula is C13H16BrF2NO. The first-order valence-electron chi connectivity index (χ1n) is 5.73. The molecule has 0 spiro atoms. The lowest BCUT2D eigenvalue weighted by Crippen LogP contribution is -2.38. The number of amides is 1. The smallest absolute Gasteiger partial charge is 0.224 e. The average Bonchev–Trinajstić information content (AvgIpc) is 2.31. The minimum absolute atomic E-state index is 0.000356. The van der Waals surface area contributed by atoms with Crippen molar-refractivity contribution in [2.45, 2.75) is 26.3 Å². The fourth-order valence-corrected chi connectivity index (χ4v) is 1.98. The molecule has 0 bridgehead atoms. The van der Waals surface area contributed by atoms with Crippen molar-refractivity contribution in [2.24, 2.45) is 5.92 Å². The summed E-state index contributed by atoms with van der Waals surface area (Å²) in [6.45, 7) is 3.89. The molecule has 0 fully saturated rings. The summed E-state index contributed by atoms with van der Waals surface area (Å²) in [6.07, 6.45) is -0.0779. The zero-order valence-electron chi connectivity index (χ0n) is 10.3. The second-order valence-corrected chi connectivity index (χ2v) is 5.05. The number of carbonyl (C=O) groups is 1. The van der Waals surface area contributed by atoms with Crippen LogP contribution in [0.15, 0.2) is 18.2 Å². The zero-order chi connectivity index (χ0) is 13.7. The summed E-state index contributed by atoms with van der Waals surface area (Å²) in [6, 6.07) is 3.23. The molecule has 0 saturated heterocycles. The van der Waals surface area contributed by atoms with Crippen molar-refractivity contribution in [2.75, 3.05) is 5.33 Å². The first-order valence-corrected chi connectivity index (χ1v) is 6.85. The Kier molecular flexibility index (Phi) is 5.72. The highest BCUT2D eigenvalue weighted by atomic mass is 79.9. The lowest BCUT2D eigenvalue weighted by Gasteiger charge is -2.19. The predicted octanol–water partition coefficient (Wildman–Crippen LogP) is 3.04. The summed E-state index contributed by atoms with van der Waals surface area (Å²) in [5.41, 5.74) is 0.201. The molecular weight excluding hydrogens is 304 g/mol. The van der Waals surface area contributed by atoms with E-state index in [0.29, 0.717) is 0 Å². The number of carbonyl (C=O) groups excluding carboxylic acids is 1. The number of hydrogen-bond acceptors (Lipinski definition) is 1. The molecule has 5 heteroatoms. The highest BCUT2D eigenvalue weighted by molar-refractivity contribution is 9.09. The van der Waals surface area contributed by atoms with Crippen molar-refractivity contribution < 1.29 is 13.6 Å². The first kappa shape index (κ1) is 15.1. The van der Waals surface area contributed by atoms with E-state index in [1.165, 1.54) is 6.07 Å². The van der Waals surface area contributed by atoms with E-state index in [0.717, 1.165) is 17.5 Å². The lowest BCUT2D eigenvalue weighted by atomic mass is 10.1. The van der Waals surface area contributed by atoms with Crippen LogP contribution >= 0.6 is 15.9 Å². The summed E-state index contributed by atoms with van der Waals surface area (Å²) in [4.78, 5) is 11.7. The van der Waals surface area contributed by atoms with Crippen LogP contribution < -0.4 is 5.32 Å². The fraction of sp³-hybridized carbons (Fsp3) is 0.462. The van der Waals surface area contributed by atoms with Gasteiger partial charge in [-0.05, 0) is 24.5 Å². The Morgan fingerprint density at radius 2 is 2.06 bits per heavy atom. The number of rotatable bonds is 5. The van der Waals surface area contributed by atoms with Crippen molar-refractivity contribution in [3.8, 4) is 0 Å². The maximum absolute atomic E-state index is 13.3. The van der Waals surface area contributed by atoms with Crippen molar-refractivity contribution in [3.63, 3.8) is 0 Å². The Morgan fingerprint density at radius 1 is 1.39 bits per heavy atom. The van der Waals surface area contributed by atoms with E-state index < -0.39 is 11.6 Å². The van der Waals surface area contributed by atoms with Gasteiger partial charge in [-0.2, -0.15) is 0 Å². The Labute approximate surface area is 114 Å². The number of alkyl halides is 1. The molecule has 1 rings (SSSR count). The van der Waals surface area contributed by atoms with Gasteiger partial charge in [-0.1, -0.05) is 28.9 Å². The van der Waals surface area contributed by atoms with Crippen LogP contribution in [-0.2, 0) is 11.2 Å². The van der Waals surface area contributed by atoms with Crippen molar-refractivity contribution in [1.82, 2.24) is 5.32 Å². The van der Waals surface area contributed by atoms with Gasteiger partial charge in [0.2, 0.25) is 5.91 Å². The van der Waals surface area contributed by atoms with Crippen LogP contribution in [0.1, 0.15) is 19.4 Å². The van der Waals surface area contributed by atoms with E-state index in [1.807, 2.05) is 13.8 Å². The summed E-state index contributed by atoms with van der Waals surface area (Å²) in [7, 11) is 0. The normalized spacial score (nSPS) is 14.1. The van der Waals surface area contributed by atoms with Crippen molar-refractivity contribution >= 4 is 21.8 Å². The highest BCUT2D eigenvalue weighted by Crippen LogP contribution is 2.11. The molecule has 0 aliphatic rings. The van der Waals surface area contributed by atoms with Gasteiger partial charge in [-0.3, -0.25) is 4.79 Å². The molecule has 2 unspecified atom stereocenters. The fourth-order valence-electron chi connectivity index (χ4n) is 1.42. The molecule has 0 aliphatic carbocycles. The summed E-state index contributed by atoms with van der Waals surface area (Å²) >= 11 is 3.34. The van der Waals surface area contributed by atoms with E-state index in [-0.39, 0.29) is 29.9 Å². The summed E-state index contributed by atoms with van der Waals surface area (Å²) in [5, 5.41) is 3.57. The Bertz CT molecular complexity index is 425. The van der Waals surface area contributed by atoms with Crippen LogP contribution in [0.25, 0.3) is 0 Å². The third kappa shape index (κ3) is 4.37. The van der Waals surface area contributed by atoms with Crippen LogP contribution in [0.4, 0.5) is 8.78 Å². The quantitative estimate of drug-likeness (QED) is 0.830. The number of benzene rings is 1. The van der Waals surface area contributed by atoms with E-state index in [4.69, 9.17) is 0 Å². The Hall–Kier alpha value is -0.970. The van der Waals surface area contributed by atoms with Crippen LogP contribution in [0.5, 0.6) is 0 Å². The topological polar surface area (TPSA) is 29.1 Å². The SMILES string of the molecule is CC(CBr)C(C)NC(=O)Cc1ccc(F)cc1F. The molecule has 0 saturated carbocycles. The molecule has 0 radical (unpaired) electrons. The molecule has 0 aliphatic heterocycles. The molecule has 18 heavy (non-hydrogen) atoms. The average molecular weight is 320 g/mol. The van der Waals surface area contributed by atoms with Gasteiger partial charge in [0.15, 0.2) is 0 Å². The standard InChI is InChI=1S/C13H16BrF2NO/c1-8(7-14)9(2)17-13(18)5-10-3-4-11(15)6-12(10)16/h3-4,6,8-9H,5,7H2,1-2H3,(H,17,18). The largest absolute Gasteiger partial charge is 0.353 e. The van der Waals surface area contributed by atoms with Crippen LogP contribution in [-0.4, -0.2) is 17.3 Å². The van der Waals surface area contributed by atoms with Gasteiger partial charge in [0, 0.05) is 17.4 Å². The molecule has 2 nitrogen and oxygen atoms in total. The molecule has 100 valence electrons. The summed E-state index contributed by atoms with van der Waals surface area (Å²) < 4.78 is 26.0. The monoisotopic (exact) mass is 319 g/mol. The molecule has 1 amide bonds. The maximum atomic E-state index is 13.3. The van der Waals surface area contributed by atoms with Gasteiger partial charge in [-0.15, -0.1) is 0 Å². The second-order valence-electron chi connectivity index (χ2n) is 4.40. The van der Waals surface area contributed by atoms with Crippen molar-refractivity contribution in [1.29, 1.82) is 0 Å². The van der Waals surface area contributed by atoms with Crippen LogP contribution in [0.3, 0.4) is 0 Å². The van der Waals surface area contributed by atoms with Crippen LogP contribution in [0, 0.1) is 17.6 Å². The van der Waals surface area contributed by atoms with E-state index >= 15 is 0 Å². The van der Waals surface area contributed by atoms with E-state index in [2.05, 4.69) is 21.2 Å². The van der Waals surface area contributed by atoms with Crippen LogP contribution in [0.2, 0.25) is 0 Å². The minimum Gasteiger partial charge on any atom is -0.353 e. The van der Waals surface area contributed by atoms with Gasteiger partial charge in [0.05, 0.1) is 6.42 Å². The summed E-state index contributed by atoms with van der Waals surface area (Å²) in [5.74, 6) is -1.31. The van der Waals surface area contributed by atoms with Crippen molar-refractivity contribution in [3.05, 3.63) is 35.4 Å². The van der Waals surface area contributed by atoms with E-state index in [1.54, 1.807) is 0 Å². The highest BCUT2D eigenvalue weighted by Gasteiger charge is 2.15. The Balaban J connectivity index is 2.59. The number of halogens is 3. The zero-order valence-corrected chi connectivity index (χ0v) is 11.9. The van der Waals surface area contributed by atoms with E-state index in [9.17, 15) is 13.6 Å². The molecule has 0 aromatic heterocycles. The third-order valence-electron chi connectivity index (χ3n) is 2.85. The Morgan fingerprint density at radius 3 is 2.61 bits per heavy atom. The maximum Gasteiger partial charge on any atom is 0.224 e.